The van der Waals surface area contributed by atoms with E-state index in [0.29, 0.717) is 6.61 Å². The highest BCUT2D eigenvalue weighted by molar-refractivity contribution is 5.58. The van der Waals surface area contributed by atoms with Crippen molar-refractivity contribution in [3.63, 3.8) is 0 Å². The maximum absolute atomic E-state index is 14.6. The molecule has 200 valence electrons. The molecule has 38 heavy (non-hydrogen) atoms. The van der Waals surface area contributed by atoms with Gasteiger partial charge in [-0.05, 0) is 25.2 Å². The largest absolute Gasteiger partial charge is 0.487 e. The summed E-state index contributed by atoms with van der Waals surface area (Å²) in [5.74, 6) is -1.14. The minimum atomic E-state index is -4.94. The van der Waals surface area contributed by atoms with Crippen molar-refractivity contribution in [1.29, 1.82) is 0 Å². The molecule has 1 heterocycles. The molecule has 2 aromatic rings. The van der Waals surface area contributed by atoms with Crippen LogP contribution < -0.4 is 21.7 Å². The number of halogens is 4. The van der Waals surface area contributed by atoms with E-state index in [-0.39, 0.29) is 39.3 Å². The van der Waals surface area contributed by atoms with Crippen LogP contribution in [0.15, 0.2) is 93.8 Å². The zero-order valence-electron chi connectivity index (χ0n) is 20.5. The SMILES string of the molecule is CC(/C=C\C=C/COc1cc(-n2c(=O)cc(C(F)(F)F)n(C)c2=O)c(F)cc1N)OCC1=C=CC=CC=C1. The molecule has 1 aromatic carbocycles. The molecule has 0 aliphatic heterocycles. The zero-order chi connectivity index (χ0) is 27.9. The summed E-state index contributed by atoms with van der Waals surface area (Å²) >= 11 is 0. The highest BCUT2D eigenvalue weighted by Crippen LogP contribution is 2.29. The third-order valence-corrected chi connectivity index (χ3v) is 5.28. The molecule has 2 N–H and O–H groups in total. The summed E-state index contributed by atoms with van der Waals surface area (Å²) in [7, 11) is 0.831. The lowest BCUT2D eigenvalue weighted by atomic mass is 10.2. The topological polar surface area (TPSA) is 88.5 Å². The van der Waals surface area contributed by atoms with E-state index in [1.165, 1.54) is 0 Å². The fraction of sp³-hybridized carbons (Fsp3) is 0.222. The molecule has 0 saturated carbocycles. The summed E-state index contributed by atoms with van der Waals surface area (Å²) in [4.78, 5) is 24.8. The van der Waals surface area contributed by atoms with Crippen molar-refractivity contribution in [2.45, 2.75) is 19.2 Å². The lowest BCUT2D eigenvalue weighted by molar-refractivity contribution is -0.144. The van der Waals surface area contributed by atoms with Crippen LogP contribution in [0.4, 0.5) is 23.2 Å². The number of nitrogens with two attached hydrogens (primary N) is 1. The predicted molar refractivity (Wildman–Crippen MR) is 136 cm³/mol. The first-order chi connectivity index (χ1) is 18.0. The number of nitrogens with zero attached hydrogens (tertiary/aromatic N) is 2. The Morgan fingerprint density at radius 2 is 1.89 bits per heavy atom. The van der Waals surface area contributed by atoms with Crippen molar-refractivity contribution in [3.05, 3.63) is 117 Å². The van der Waals surface area contributed by atoms with Crippen LogP contribution in [0.2, 0.25) is 0 Å². The van der Waals surface area contributed by atoms with Gasteiger partial charge in [0.05, 0.1) is 24.1 Å². The highest BCUT2D eigenvalue weighted by Gasteiger charge is 2.35. The first kappa shape index (κ1) is 28.2. The average molecular weight is 532 g/mol. The van der Waals surface area contributed by atoms with Gasteiger partial charge < -0.3 is 15.2 Å². The molecular weight excluding hydrogens is 506 g/mol. The molecule has 1 aliphatic rings. The molecule has 1 aromatic heterocycles. The van der Waals surface area contributed by atoms with Crippen molar-refractivity contribution < 1.29 is 27.0 Å². The second kappa shape index (κ2) is 12.3. The first-order valence-corrected chi connectivity index (χ1v) is 11.4. The van der Waals surface area contributed by atoms with Crippen LogP contribution in [0.25, 0.3) is 5.69 Å². The van der Waals surface area contributed by atoms with Crippen LogP contribution in [0.1, 0.15) is 12.6 Å². The van der Waals surface area contributed by atoms with Crippen LogP contribution in [-0.2, 0) is 18.0 Å². The third-order valence-electron chi connectivity index (χ3n) is 5.28. The molecular formula is C27H25F4N3O4. The van der Waals surface area contributed by atoms with Gasteiger partial charge in [0.1, 0.15) is 23.9 Å². The maximum Gasteiger partial charge on any atom is 0.431 e. The Morgan fingerprint density at radius 3 is 2.63 bits per heavy atom. The molecule has 0 saturated heterocycles. The maximum atomic E-state index is 14.6. The number of anilines is 1. The van der Waals surface area contributed by atoms with Crippen LogP contribution in [0.5, 0.6) is 5.75 Å². The van der Waals surface area contributed by atoms with Crippen molar-refractivity contribution in [1.82, 2.24) is 9.13 Å². The Balaban J connectivity index is 1.67. The van der Waals surface area contributed by atoms with Crippen LogP contribution in [0.3, 0.4) is 0 Å². The van der Waals surface area contributed by atoms with Gasteiger partial charge in [-0.2, -0.15) is 13.2 Å². The van der Waals surface area contributed by atoms with Crippen molar-refractivity contribution in [2.75, 3.05) is 18.9 Å². The van der Waals surface area contributed by atoms with Gasteiger partial charge in [-0.25, -0.2) is 13.8 Å². The van der Waals surface area contributed by atoms with Crippen LogP contribution >= 0.6 is 0 Å². The quantitative estimate of drug-likeness (QED) is 0.225. The smallest absolute Gasteiger partial charge is 0.431 e. The zero-order valence-corrected chi connectivity index (χ0v) is 20.5. The molecule has 0 bridgehead atoms. The van der Waals surface area contributed by atoms with Crippen LogP contribution in [0, 0.1) is 5.82 Å². The van der Waals surface area contributed by atoms with Gasteiger partial charge >= 0.3 is 11.9 Å². The molecule has 0 fully saturated rings. The molecule has 11 heteroatoms. The summed E-state index contributed by atoms with van der Waals surface area (Å²) < 4.78 is 65.6. The summed E-state index contributed by atoms with van der Waals surface area (Å²) in [6.45, 7) is 2.26. The molecule has 7 nitrogen and oxygen atoms in total. The number of rotatable bonds is 9. The second-order valence-corrected chi connectivity index (χ2v) is 8.10. The summed E-state index contributed by atoms with van der Waals surface area (Å²) in [5.41, 5.74) is 4.89. The van der Waals surface area contributed by atoms with Crippen molar-refractivity contribution in [2.24, 2.45) is 7.05 Å². The molecule has 0 radical (unpaired) electrons. The standard InChI is InChI=1S/C27H25F4N3O4/c1-18(38-17-19-11-7-3-4-8-12-19)10-6-5-9-13-37-23-15-22(20(28)14-21(23)32)34-25(35)16-24(27(29,30)31)33(2)26(34)36/h3-11,14-16,18H,13,17,32H2,1-2H3/b9-5-,10-6-. The monoisotopic (exact) mass is 531 g/mol. The van der Waals surface area contributed by atoms with Crippen molar-refractivity contribution in [3.8, 4) is 11.4 Å². The number of benzene rings is 1. The predicted octanol–water partition coefficient (Wildman–Crippen LogP) is 4.38. The Bertz CT molecular complexity index is 1490. The fourth-order valence-corrected chi connectivity index (χ4v) is 3.33. The van der Waals surface area contributed by atoms with E-state index in [4.69, 9.17) is 15.2 Å². The lowest BCUT2D eigenvalue weighted by Gasteiger charge is -2.15. The lowest BCUT2D eigenvalue weighted by Crippen LogP contribution is -2.41. The number of ether oxygens (including phenoxy) is 2. The summed E-state index contributed by atoms with van der Waals surface area (Å²) in [6.07, 6.45) is 11.1. The highest BCUT2D eigenvalue weighted by atomic mass is 19.4. The Labute approximate surface area is 215 Å². The first-order valence-electron chi connectivity index (χ1n) is 11.4. The van der Waals surface area contributed by atoms with Gasteiger partial charge in [0.25, 0.3) is 5.56 Å². The number of nitrogen functional groups attached to an aromatic ring is 1. The van der Waals surface area contributed by atoms with Gasteiger partial charge in [-0.15, -0.1) is 5.73 Å². The summed E-state index contributed by atoms with van der Waals surface area (Å²) in [6, 6.07) is 2.03. The number of allylic oxidation sites excluding steroid dienone is 5. The minimum absolute atomic E-state index is 0.00968. The van der Waals surface area contributed by atoms with E-state index in [0.717, 1.165) is 24.8 Å². The summed E-state index contributed by atoms with van der Waals surface area (Å²) in [5, 5.41) is 0. The second-order valence-electron chi connectivity index (χ2n) is 8.10. The number of alkyl halides is 3. The molecule has 0 spiro atoms. The number of hydrogen-bond acceptors (Lipinski definition) is 5. The molecule has 1 atom stereocenters. The third kappa shape index (κ3) is 7.12. The van der Waals surface area contributed by atoms with E-state index < -0.39 is 34.6 Å². The minimum Gasteiger partial charge on any atom is -0.487 e. The Morgan fingerprint density at radius 1 is 1.13 bits per heavy atom. The van der Waals surface area contributed by atoms with E-state index in [1.807, 2.05) is 37.3 Å². The van der Waals surface area contributed by atoms with Gasteiger partial charge in [0, 0.05) is 30.8 Å². The Kier molecular flexibility index (Phi) is 9.11. The van der Waals surface area contributed by atoms with E-state index in [9.17, 15) is 27.2 Å². The molecule has 1 unspecified atom stereocenters. The molecule has 1 aliphatic carbocycles. The van der Waals surface area contributed by atoms with Gasteiger partial charge in [-0.1, -0.05) is 36.5 Å². The number of aromatic nitrogens is 2. The van der Waals surface area contributed by atoms with Gasteiger partial charge in [0.15, 0.2) is 0 Å². The van der Waals surface area contributed by atoms with E-state index >= 15 is 0 Å². The molecule has 0 amide bonds. The van der Waals surface area contributed by atoms with E-state index in [2.05, 4.69) is 5.73 Å². The molecule has 3 rings (SSSR count). The van der Waals surface area contributed by atoms with Crippen molar-refractivity contribution >= 4 is 5.69 Å². The average Bonchev–Trinajstić information content (AvgIpc) is 3.12. The van der Waals surface area contributed by atoms with Gasteiger partial charge in [0.2, 0.25) is 0 Å². The normalized spacial score (nSPS) is 14.3. The van der Waals surface area contributed by atoms with E-state index in [1.54, 1.807) is 24.3 Å². The fourth-order valence-electron chi connectivity index (χ4n) is 3.33. The van der Waals surface area contributed by atoms with Crippen LogP contribution in [-0.4, -0.2) is 28.5 Å². The number of hydrogen-bond donors (Lipinski definition) is 1. The Hall–Kier alpha value is -4.34. The van der Waals surface area contributed by atoms with Gasteiger partial charge in [-0.3, -0.25) is 9.36 Å².